The van der Waals surface area contributed by atoms with E-state index in [-0.39, 0.29) is 0 Å². The van der Waals surface area contributed by atoms with E-state index in [9.17, 15) is 0 Å². The number of alkyl halides is 1. The summed E-state index contributed by atoms with van der Waals surface area (Å²) in [4.78, 5) is 2.47. The van der Waals surface area contributed by atoms with Crippen LogP contribution in [0.1, 0.15) is 29.4 Å². The first-order valence-corrected chi connectivity index (χ1v) is 5.96. The highest BCUT2D eigenvalue weighted by Crippen LogP contribution is 2.24. The van der Waals surface area contributed by atoms with Gasteiger partial charge in [0.05, 0.1) is 4.95 Å². The molecular formula is C12H18BrN. The Bertz CT molecular complexity index is 266. The van der Waals surface area contributed by atoms with Gasteiger partial charge < -0.3 is 0 Å². The monoisotopic (exact) mass is 255 g/mol. The maximum Gasteiger partial charge on any atom is 0.0906 e. The summed E-state index contributed by atoms with van der Waals surface area (Å²) in [5, 5.41) is 0. The smallest absolute Gasteiger partial charge is 0.0906 e. The molecule has 0 fully saturated rings. The van der Waals surface area contributed by atoms with E-state index in [1.165, 1.54) is 24.0 Å². The van der Waals surface area contributed by atoms with Gasteiger partial charge in [0.2, 0.25) is 0 Å². The molecule has 0 bridgehead atoms. The van der Waals surface area contributed by atoms with Crippen LogP contribution < -0.4 is 0 Å². The molecule has 0 radical (unpaired) electrons. The molecule has 0 aromatic heterocycles. The highest BCUT2D eigenvalue weighted by Gasteiger charge is 2.08. The van der Waals surface area contributed by atoms with Gasteiger partial charge in [0.25, 0.3) is 0 Å². The van der Waals surface area contributed by atoms with Crippen molar-refractivity contribution in [3.8, 4) is 0 Å². The highest BCUT2D eigenvalue weighted by molar-refractivity contribution is 9.09. The van der Waals surface area contributed by atoms with Crippen molar-refractivity contribution in [2.75, 3.05) is 14.1 Å². The van der Waals surface area contributed by atoms with Crippen LogP contribution in [0.3, 0.4) is 0 Å². The highest BCUT2D eigenvalue weighted by atomic mass is 79.9. The van der Waals surface area contributed by atoms with E-state index in [0.717, 1.165) is 0 Å². The Labute approximate surface area is 95.2 Å². The number of aryl methyl sites for hydroxylation is 1. The van der Waals surface area contributed by atoms with Crippen LogP contribution in [0, 0.1) is 0 Å². The van der Waals surface area contributed by atoms with Gasteiger partial charge in [0.1, 0.15) is 0 Å². The molecule has 1 nitrogen and oxygen atoms in total. The van der Waals surface area contributed by atoms with E-state index in [1.54, 1.807) is 0 Å². The zero-order chi connectivity index (χ0) is 10.6. The number of rotatable bonds is 4. The van der Waals surface area contributed by atoms with Gasteiger partial charge in [0, 0.05) is 0 Å². The second kappa shape index (κ2) is 5.52. The zero-order valence-corrected chi connectivity index (χ0v) is 10.7. The van der Waals surface area contributed by atoms with Crippen LogP contribution in [0.2, 0.25) is 0 Å². The predicted octanol–water partition coefficient (Wildman–Crippen LogP) is 3.59. The first-order valence-electron chi connectivity index (χ1n) is 5.04. The minimum absolute atomic E-state index is 0.318. The minimum atomic E-state index is 0.318. The molecule has 1 rings (SSSR count). The maximum absolute atomic E-state index is 3.64. The van der Waals surface area contributed by atoms with Gasteiger partial charge in [-0.05, 0) is 31.6 Å². The summed E-state index contributed by atoms with van der Waals surface area (Å²) in [5.41, 5.74) is 2.74. The fraction of sp³-hybridized carbons (Fsp3) is 0.500. The first kappa shape index (κ1) is 11.7. The Balaban J connectivity index is 2.72. The number of hydrogen-bond acceptors (Lipinski definition) is 1. The SMILES string of the molecule is CCCc1ccc(C(Br)N(C)C)cc1. The normalized spacial score (nSPS) is 13.2. The van der Waals surface area contributed by atoms with Gasteiger partial charge in [-0.1, -0.05) is 53.5 Å². The molecule has 78 valence electrons. The third kappa shape index (κ3) is 3.10. The molecule has 0 heterocycles. The van der Waals surface area contributed by atoms with Crippen LogP contribution in [0.25, 0.3) is 0 Å². The van der Waals surface area contributed by atoms with Crippen molar-refractivity contribution in [1.82, 2.24) is 4.90 Å². The molecule has 1 aromatic rings. The van der Waals surface area contributed by atoms with Crippen LogP contribution >= 0.6 is 15.9 Å². The van der Waals surface area contributed by atoms with E-state index in [1.807, 2.05) is 0 Å². The molecule has 0 aliphatic rings. The van der Waals surface area contributed by atoms with Crippen molar-refractivity contribution in [1.29, 1.82) is 0 Å². The van der Waals surface area contributed by atoms with E-state index < -0.39 is 0 Å². The Morgan fingerprint density at radius 2 is 1.79 bits per heavy atom. The molecule has 14 heavy (non-hydrogen) atoms. The lowest BCUT2D eigenvalue weighted by molar-refractivity contribution is 0.398. The molecule has 1 atom stereocenters. The Hall–Kier alpha value is -0.340. The molecule has 0 saturated heterocycles. The number of nitrogens with zero attached hydrogens (tertiary/aromatic N) is 1. The molecule has 1 unspecified atom stereocenters. The van der Waals surface area contributed by atoms with Crippen molar-refractivity contribution in [3.05, 3.63) is 35.4 Å². The Morgan fingerprint density at radius 1 is 1.21 bits per heavy atom. The van der Waals surface area contributed by atoms with Crippen molar-refractivity contribution >= 4 is 15.9 Å². The fourth-order valence-corrected chi connectivity index (χ4v) is 1.74. The van der Waals surface area contributed by atoms with Crippen LogP contribution in [-0.2, 0) is 6.42 Å². The molecule has 0 saturated carbocycles. The van der Waals surface area contributed by atoms with Crippen LogP contribution in [0.15, 0.2) is 24.3 Å². The second-order valence-corrected chi connectivity index (χ2v) is 4.66. The summed E-state index contributed by atoms with van der Waals surface area (Å²) in [5.74, 6) is 0. The minimum Gasteiger partial charge on any atom is -0.293 e. The lowest BCUT2D eigenvalue weighted by atomic mass is 10.1. The average molecular weight is 256 g/mol. The standard InChI is InChI=1S/C12H18BrN/c1-4-5-10-6-8-11(9-7-10)12(13)14(2)3/h6-9,12H,4-5H2,1-3H3. The fourth-order valence-electron chi connectivity index (χ4n) is 1.43. The lowest BCUT2D eigenvalue weighted by Crippen LogP contribution is -2.14. The third-order valence-electron chi connectivity index (χ3n) is 2.25. The van der Waals surface area contributed by atoms with Gasteiger partial charge in [-0.3, -0.25) is 4.90 Å². The van der Waals surface area contributed by atoms with Crippen molar-refractivity contribution in [2.45, 2.75) is 24.7 Å². The summed E-state index contributed by atoms with van der Waals surface area (Å²) in [6, 6.07) is 8.84. The third-order valence-corrected chi connectivity index (χ3v) is 3.59. The number of halogens is 1. The number of hydrogen-bond donors (Lipinski definition) is 0. The summed E-state index contributed by atoms with van der Waals surface area (Å²) < 4.78 is 0. The summed E-state index contributed by atoms with van der Waals surface area (Å²) >= 11 is 3.64. The van der Waals surface area contributed by atoms with Gasteiger partial charge >= 0.3 is 0 Å². The first-order chi connectivity index (χ1) is 6.65. The van der Waals surface area contributed by atoms with Crippen molar-refractivity contribution in [3.63, 3.8) is 0 Å². The molecule has 0 N–H and O–H groups in total. The molecule has 0 aliphatic heterocycles. The van der Waals surface area contributed by atoms with Gasteiger partial charge in [0.15, 0.2) is 0 Å². The molecule has 2 heteroatoms. The molecule has 0 spiro atoms. The molecule has 0 amide bonds. The van der Waals surface area contributed by atoms with Crippen LogP contribution in [0.5, 0.6) is 0 Å². The lowest BCUT2D eigenvalue weighted by Gasteiger charge is -2.18. The number of benzene rings is 1. The van der Waals surface area contributed by atoms with Gasteiger partial charge in [-0.25, -0.2) is 0 Å². The second-order valence-electron chi connectivity index (χ2n) is 3.79. The topological polar surface area (TPSA) is 3.24 Å². The summed E-state index contributed by atoms with van der Waals surface area (Å²) in [7, 11) is 4.14. The van der Waals surface area contributed by atoms with E-state index in [4.69, 9.17) is 0 Å². The largest absolute Gasteiger partial charge is 0.293 e. The average Bonchev–Trinajstić information content (AvgIpc) is 2.18. The quantitative estimate of drug-likeness (QED) is 0.587. The maximum atomic E-state index is 3.64. The van der Waals surface area contributed by atoms with Gasteiger partial charge in [-0.2, -0.15) is 0 Å². The molecule has 1 aromatic carbocycles. The van der Waals surface area contributed by atoms with E-state index in [2.05, 4.69) is 66.1 Å². The van der Waals surface area contributed by atoms with E-state index >= 15 is 0 Å². The van der Waals surface area contributed by atoms with E-state index in [0.29, 0.717) is 4.95 Å². The Morgan fingerprint density at radius 3 is 2.21 bits per heavy atom. The zero-order valence-electron chi connectivity index (χ0n) is 9.13. The summed E-state index contributed by atoms with van der Waals surface area (Å²) in [6.45, 7) is 2.21. The predicted molar refractivity (Wildman–Crippen MR) is 65.8 cm³/mol. The van der Waals surface area contributed by atoms with Crippen molar-refractivity contribution < 1.29 is 0 Å². The Kier molecular flexibility index (Phi) is 4.63. The molecule has 0 aliphatic carbocycles. The van der Waals surface area contributed by atoms with Crippen LogP contribution in [-0.4, -0.2) is 19.0 Å². The molecular weight excluding hydrogens is 238 g/mol. The summed E-state index contributed by atoms with van der Waals surface area (Å²) in [6.07, 6.45) is 2.39. The van der Waals surface area contributed by atoms with Crippen molar-refractivity contribution in [2.24, 2.45) is 0 Å². The van der Waals surface area contributed by atoms with Crippen LogP contribution in [0.4, 0.5) is 0 Å². The van der Waals surface area contributed by atoms with Gasteiger partial charge in [-0.15, -0.1) is 0 Å².